The molecular formula is C23H41N9O5. The molecule has 14 nitrogen and oxygen atoms in total. The fourth-order valence-corrected chi connectivity index (χ4v) is 3.52. The Kier molecular flexibility index (Phi) is 13.1. The van der Waals surface area contributed by atoms with Crippen molar-refractivity contribution in [3.8, 4) is 0 Å². The van der Waals surface area contributed by atoms with Crippen molar-refractivity contribution in [2.75, 3.05) is 6.54 Å². The van der Waals surface area contributed by atoms with E-state index in [0.29, 0.717) is 12.1 Å². The molecular weight excluding hydrogens is 482 g/mol. The van der Waals surface area contributed by atoms with Crippen LogP contribution in [0.2, 0.25) is 0 Å². The molecule has 0 aliphatic rings. The predicted molar refractivity (Wildman–Crippen MR) is 138 cm³/mol. The van der Waals surface area contributed by atoms with Crippen LogP contribution in [0, 0.1) is 11.8 Å². The number of amides is 3. The predicted octanol–water partition coefficient (Wildman–Crippen LogP) is -1.43. The van der Waals surface area contributed by atoms with Crippen molar-refractivity contribution < 1.29 is 24.3 Å². The second kappa shape index (κ2) is 15.4. The second-order valence-electron chi connectivity index (χ2n) is 9.66. The molecule has 11 N–H and O–H groups in total. The molecule has 208 valence electrons. The van der Waals surface area contributed by atoms with Gasteiger partial charge in [0.05, 0.1) is 12.4 Å². The molecule has 4 unspecified atom stereocenters. The van der Waals surface area contributed by atoms with Gasteiger partial charge < -0.3 is 43.2 Å². The van der Waals surface area contributed by atoms with Crippen LogP contribution in [0.5, 0.6) is 0 Å². The third-order valence-corrected chi connectivity index (χ3v) is 5.48. The van der Waals surface area contributed by atoms with Crippen molar-refractivity contribution in [2.24, 2.45) is 34.0 Å². The van der Waals surface area contributed by atoms with Crippen LogP contribution < -0.4 is 33.2 Å². The van der Waals surface area contributed by atoms with Gasteiger partial charge in [0.15, 0.2) is 5.96 Å². The van der Waals surface area contributed by atoms with E-state index in [1.807, 2.05) is 13.8 Å². The number of carbonyl (C=O) groups is 4. The molecule has 1 rings (SSSR count). The summed E-state index contributed by atoms with van der Waals surface area (Å²) in [5.41, 5.74) is 17.4. The molecule has 4 atom stereocenters. The van der Waals surface area contributed by atoms with Gasteiger partial charge in [0.1, 0.15) is 18.1 Å². The lowest BCUT2D eigenvalue weighted by Gasteiger charge is -2.27. The smallest absolute Gasteiger partial charge is 0.326 e. The normalized spacial score (nSPS) is 14.4. The van der Waals surface area contributed by atoms with E-state index in [1.165, 1.54) is 6.33 Å². The van der Waals surface area contributed by atoms with Crippen molar-refractivity contribution in [3.63, 3.8) is 0 Å². The minimum absolute atomic E-state index is 0.0103. The second-order valence-corrected chi connectivity index (χ2v) is 9.66. The molecule has 0 aromatic carbocycles. The summed E-state index contributed by atoms with van der Waals surface area (Å²) in [5, 5.41) is 17.2. The molecule has 0 saturated heterocycles. The lowest BCUT2D eigenvalue weighted by Crippen LogP contribution is -2.58. The van der Waals surface area contributed by atoms with Crippen molar-refractivity contribution in [2.45, 2.75) is 77.5 Å². The molecule has 0 bridgehead atoms. The van der Waals surface area contributed by atoms with Crippen molar-refractivity contribution in [1.82, 2.24) is 25.9 Å². The number of carbonyl (C=O) groups excluding carboxylic acids is 3. The topological polar surface area (TPSA) is 244 Å². The third-order valence-electron chi connectivity index (χ3n) is 5.48. The van der Waals surface area contributed by atoms with E-state index in [2.05, 4.69) is 30.9 Å². The van der Waals surface area contributed by atoms with Crippen molar-refractivity contribution in [3.05, 3.63) is 18.2 Å². The Labute approximate surface area is 216 Å². The van der Waals surface area contributed by atoms with Gasteiger partial charge in [0, 0.05) is 24.9 Å². The van der Waals surface area contributed by atoms with Crippen LogP contribution in [-0.2, 0) is 25.6 Å². The van der Waals surface area contributed by atoms with Crippen LogP contribution in [0.3, 0.4) is 0 Å². The lowest BCUT2D eigenvalue weighted by molar-refractivity contribution is -0.143. The number of aromatic nitrogens is 2. The Bertz CT molecular complexity index is 914. The molecule has 1 aromatic heterocycles. The number of aliphatic imine (C=N–C) groups is 1. The van der Waals surface area contributed by atoms with Gasteiger partial charge in [-0.2, -0.15) is 0 Å². The van der Waals surface area contributed by atoms with E-state index in [9.17, 15) is 24.3 Å². The monoisotopic (exact) mass is 523 g/mol. The summed E-state index contributed by atoms with van der Waals surface area (Å²) < 4.78 is 0. The van der Waals surface area contributed by atoms with Gasteiger partial charge in [-0.05, 0) is 31.1 Å². The summed E-state index contributed by atoms with van der Waals surface area (Å²) in [4.78, 5) is 61.1. The SMILES string of the molecule is CC(C)CC(NC(=O)C(CCCN=C(N)N)NC(=O)C(N)Cc1cnc[nH]1)C(=O)NC(C(=O)O)C(C)C. The van der Waals surface area contributed by atoms with Crippen LogP contribution >= 0.6 is 0 Å². The molecule has 37 heavy (non-hydrogen) atoms. The quantitative estimate of drug-likeness (QED) is 0.0718. The highest BCUT2D eigenvalue weighted by atomic mass is 16.4. The number of aromatic amines is 1. The van der Waals surface area contributed by atoms with Crippen LogP contribution in [0.15, 0.2) is 17.5 Å². The standard InChI is InChI=1S/C23H41N9O5/c1-12(2)8-17(21(35)32-18(13(3)4)22(36)37)31-20(34)16(6-5-7-28-23(25)26)30-19(33)15(24)9-14-10-27-11-29-14/h10-13,15-18H,5-9,24H2,1-4H3,(H,27,29)(H,30,33)(H,31,34)(H,32,35)(H,36,37)(H4,25,26,28). The number of nitrogens with two attached hydrogens (primary N) is 3. The number of rotatable bonds is 16. The largest absolute Gasteiger partial charge is 0.480 e. The summed E-state index contributed by atoms with van der Waals surface area (Å²) in [6.45, 7) is 7.30. The van der Waals surface area contributed by atoms with Gasteiger partial charge in [0.2, 0.25) is 17.7 Å². The highest BCUT2D eigenvalue weighted by Gasteiger charge is 2.31. The van der Waals surface area contributed by atoms with E-state index >= 15 is 0 Å². The number of carboxylic acids is 1. The number of hydrogen-bond donors (Lipinski definition) is 8. The van der Waals surface area contributed by atoms with Gasteiger partial charge in [0.25, 0.3) is 0 Å². The number of guanidine groups is 1. The molecule has 1 aromatic rings. The molecule has 0 aliphatic heterocycles. The van der Waals surface area contributed by atoms with Gasteiger partial charge >= 0.3 is 5.97 Å². The highest BCUT2D eigenvalue weighted by Crippen LogP contribution is 2.10. The Morgan fingerprint density at radius 3 is 2.16 bits per heavy atom. The Balaban J connectivity index is 3.00. The van der Waals surface area contributed by atoms with Gasteiger partial charge in [-0.15, -0.1) is 0 Å². The van der Waals surface area contributed by atoms with E-state index in [1.54, 1.807) is 20.0 Å². The number of nitrogens with one attached hydrogen (secondary N) is 4. The summed E-state index contributed by atoms with van der Waals surface area (Å²) in [5.74, 6) is -3.42. The first-order chi connectivity index (χ1) is 17.3. The molecule has 0 aliphatic carbocycles. The van der Waals surface area contributed by atoms with E-state index in [0.717, 1.165) is 0 Å². The summed E-state index contributed by atoms with van der Waals surface area (Å²) in [6, 6.07) is -4.11. The zero-order chi connectivity index (χ0) is 28.1. The maximum Gasteiger partial charge on any atom is 0.326 e. The summed E-state index contributed by atoms with van der Waals surface area (Å²) >= 11 is 0. The maximum atomic E-state index is 13.2. The summed E-state index contributed by atoms with van der Waals surface area (Å²) in [7, 11) is 0. The van der Waals surface area contributed by atoms with Crippen LogP contribution in [0.4, 0.5) is 0 Å². The van der Waals surface area contributed by atoms with Gasteiger partial charge in [-0.25, -0.2) is 9.78 Å². The first-order valence-corrected chi connectivity index (χ1v) is 12.2. The Morgan fingerprint density at radius 1 is 1.03 bits per heavy atom. The molecule has 14 heteroatoms. The number of carboxylic acid groups (broad SMARTS) is 1. The van der Waals surface area contributed by atoms with Crippen LogP contribution in [0.25, 0.3) is 0 Å². The Hall–Kier alpha value is -3.68. The zero-order valence-corrected chi connectivity index (χ0v) is 21.9. The lowest BCUT2D eigenvalue weighted by atomic mass is 9.99. The molecule has 1 heterocycles. The van der Waals surface area contributed by atoms with Gasteiger partial charge in [-0.3, -0.25) is 19.4 Å². The van der Waals surface area contributed by atoms with Crippen LogP contribution in [0.1, 0.15) is 52.7 Å². The average molecular weight is 524 g/mol. The zero-order valence-electron chi connectivity index (χ0n) is 21.9. The van der Waals surface area contributed by atoms with Crippen molar-refractivity contribution >= 4 is 29.7 Å². The number of imidazole rings is 1. The van der Waals surface area contributed by atoms with E-state index < -0.39 is 47.9 Å². The molecule has 0 spiro atoms. The minimum atomic E-state index is -1.17. The maximum absolute atomic E-state index is 13.2. The molecule has 0 fully saturated rings. The molecule has 0 saturated carbocycles. The van der Waals surface area contributed by atoms with E-state index in [-0.39, 0.29) is 43.6 Å². The van der Waals surface area contributed by atoms with Gasteiger partial charge in [-0.1, -0.05) is 27.7 Å². The number of aliphatic carboxylic acids is 1. The minimum Gasteiger partial charge on any atom is -0.480 e. The summed E-state index contributed by atoms with van der Waals surface area (Å²) in [6.07, 6.45) is 3.98. The fraction of sp³-hybridized carbons (Fsp3) is 0.652. The molecule has 0 radical (unpaired) electrons. The average Bonchev–Trinajstić information content (AvgIpc) is 3.30. The Morgan fingerprint density at radius 2 is 1.65 bits per heavy atom. The first-order valence-electron chi connectivity index (χ1n) is 12.2. The fourth-order valence-electron chi connectivity index (χ4n) is 3.52. The van der Waals surface area contributed by atoms with Crippen LogP contribution in [-0.4, -0.2) is 75.4 Å². The van der Waals surface area contributed by atoms with Crippen molar-refractivity contribution in [1.29, 1.82) is 0 Å². The number of hydrogen-bond acceptors (Lipinski definition) is 7. The van der Waals surface area contributed by atoms with E-state index in [4.69, 9.17) is 17.2 Å². The third kappa shape index (κ3) is 11.7. The first kappa shape index (κ1) is 31.4. The highest BCUT2D eigenvalue weighted by molar-refractivity contribution is 5.94. The number of nitrogens with zero attached hydrogens (tertiary/aromatic N) is 2. The number of H-pyrrole nitrogens is 1. The molecule has 3 amide bonds.